The van der Waals surface area contributed by atoms with Gasteiger partial charge in [0, 0.05) is 38.0 Å². The average molecular weight is 339 g/mol. The molecule has 0 amide bonds. The molecule has 6 nitrogen and oxygen atoms in total. The molecular weight excluding hydrogens is 314 g/mol. The lowest BCUT2D eigenvalue weighted by Gasteiger charge is -2.27. The summed E-state index contributed by atoms with van der Waals surface area (Å²) in [5.74, 6) is 3.32. The SMILES string of the molecule is c1nc(NCc2ccc(OCC3CC3)nc2)cc(N2CCCCC2)n1. The zero-order valence-electron chi connectivity index (χ0n) is 14.5. The summed E-state index contributed by atoms with van der Waals surface area (Å²) in [6.45, 7) is 3.66. The summed E-state index contributed by atoms with van der Waals surface area (Å²) in [6, 6.07) is 6.03. The number of pyridine rings is 1. The molecule has 2 aromatic heterocycles. The topological polar surface area (TPSA) is 63.2 Å². The van der Waals surface area contributed by atoms with Gasteiger partial charge in [-0.3, -0.25) is 0 Å². The Kier molecular flexibility index (Phi) is 4.95. The van der Waals surface area contributed by atoms with Gasteiger partial charge in [-0.25, -0.2) is 15.0 Å². The Balaban J connectivity index is 1.31. The van der Waals surface area contributed by atoms with Crippen LogP contribution in [0.25, 0.3) is 0 Å². The summed E-state index contributed by atoms with van der Waals surface area (Å²) in [5.41, 5.74) is 1.11. The van der Waals surface area contributed by atoms with Gasteiger partial charge in [-0.15, -0.1) is 0 Å². The molecule has 2 aliphatic rings. The van der Waals surface area contributed by atoms with Crippen molar-refractivity contribution in [1.29, 1.82) is 0 Å². The number of hydrogen-bond acceptors (Lipinski definition) is 6. The maximum absolute atomic E-state index is 5.67. The van der Waals surface area contributed by atoms with Crippen molar-refractivity contribution < 1.29 is 4.74 Å². The summed E-state index contributed by atoms with van der Waals surface area (Å²) < 4.78 is 5.67. The fourth-order valence-electron chi connectivity index (χ4n) is 3.02. The normalized spacial score (nSPS) is 17.4. The van der Waals surface area contributed by atoms with Crippen molar-refractivity contribution in [2.45, 2.75) is 38.6 Å². The number of hydrogen-bond donors (Lipinski definition) is 1. The Labute approximate surface area is 148 Å². The second-order valence-corrected chi connectivity index (χ2v) is 6.92. The van der Waals surface area contributed by atoms with Gasteiger partial charge in [0.25, 0.3) is 0 Å². The van der Waals surface area contributed by atoms with E-state index in [1.807, 2.05) is 18.3 Å². The third-order valence-electron chi connectivity index (χ3n) is 4.77. The molecule has 1 saturated heterocycles. The Morgan fingerprint density at radius 3 is 2.72 bits per heavy atom. The number of nitrogens with one attached hydrogen (secondary N) is 1. The van der Waals surface area contributed by atoms with Gasteiger partial charge in [-0.2, -0.15) is 0 Å². The second-order valence-electron chi connectivity index (χ2n) is 6.92. The van der Waals surface area contributed by atoms with Crippen LogP contribution < -0.4 is 15.0 Å². The van der Waals surface area contributed by atoms with Crippen molar-refractivity contribution >= 4 is 11.6 Å². The first-order chi connectivity index (χ1) is 12.4. The fourth-order valence-corrected chi connectivity index (χ4v) is 3.02. The van der Waals surface area contributed by atoms with Crippen LogP contribution in [0.5, 0.6) is 5.88 Å². The van der Waals surface area contributed by atoms with E-state index in [-0.39, 0.29) is 0 Å². The summed E-state index contributed by atoms with van der Waals surface area (Å²) in [6.07, 6.45) is 9.89. The molecule has 1 aliphatic heterocycles. The van der Waals surface area contributed by atoms with Gasteiger partial charge < -0.3 is 15.0 Å². The van der Waals surface area contributed by atoms with E-state index in [4.69, 9.17) is 4.74 Å². The van der Waals surface area contributed by atoms with E-state index in [0.29, 0.717) is 12.4 Å². The summed E-state index contributed by atoms with van der Waals surface area (Å²) in [4.78, 5) is 15.5. The smallest absolute Gasteiger partial charge is 0.213 e. The van der Waals surface area contributed by atoms with E-state index in [2.05, 4.69) is 31.2 Å². The molecule has 1 aliphatic carbocycles. The van der Waals surface area contributed by atoms with E-state index in [1.165, 1.54) is 32.1 Å². The number of ether oxygens (including phenoxy) is 1. The molecule has 2 aromatic rings. The molecule has 4 rings (SSSR count). The quantitative estimate of drug-likeness (QED) is 0.835. The average Bonchev–Trinajstić information content (AvgIpc) is 3.51. The van der Waals surface area contributed by atoms with Crippen molar-refractivity contribution in [3.63, 3.8) is 0 Å². The van der Waals surface area contributed by atoms with E-state index in [9.17, 15) is 0 Å². The lowest BCUT2D eigenvalue weighted by molar-refractivity contribution is 0.288. The van der Waals surface area contributed by atoms with Crippen LogP contribution in [0.1, 0.15) is 37.7 Å². The lowest BCUT2D eigenvalue weighted by Crippen LogP contribution is -2.30. The highest BCUT2D eigenvalue weighted by atomic mass is 16.5. The molecule has 0 aromatic carbocycles. The van der Waals surface area contributed by atoms with Gasteiger partial charge in [0.1, 0.15) is 18.0 Å². The molecule has 132 valence electrons. The van der Waals surface area contributed by atoms with Crippen molar-refractivity contribution in [2.24, 2.45) is 5.92 Å². The highest BCUT2D eigenvalue weighted by molar-refractivity contribution is 5.48. The van der Waals surface area contributed by atoms with E-state index in [0.717, 1.165) is 42.8 Å². The van der Waals surface area contributed by atoms with Crippen molar-refractivity contribution in [1.82, 2.24) is 15.0 Å². The van der Waals surface area contributed by atoms with Gasteiger partial charge in [0.15, 0.2) is 0 Å². The highest BCUT2D eigenvalue weighted by Gasteiger charge is 2.22. The number of rotatable bonds is 7. The van der Waals surface area contributed by atoms with Gasteiger partial charge >= 0.3 is 0 Å². The number of piperidine rings is 1. The molecule has 2 fully saturated rings. The molecule has 0 atom stereocenters. The molecule has 3 heterocycles. The van der Waals surface area contributed by atoms with Crippen molar-refractivity contribution in [3.8, 4) is 5.88 Å². The monoisotopic (exact) mass is 339 g/mol. The van der Waals surface area contributed by atoms with Gasteiger partial charge in [0.05, 0.1) is 6.61 Å². The first-order valence-electron chi connectivity index (χ1n) is 9.25. The largest absolute Gasteiger partial charge is 0.477 e. The predicted octanol–water partition coefficient (Wildman–Crippen LogP) is 3.26. The zero-order valence-corrected chi connectivity index (χ0v) is 14.5. The molecule has 25 heavy (non-hydrogen) atoms. The van der Waals surface area contributed by atoms with Crippen LogP contribution in [0.4, 0.5) is 11.6 Å². The van der Waals surface area contributed by atoms with Crippen LogP contribution in [0.2, 0.25) is 0 Å². The Bertz CT molecular complexity index is 680. The molecule has 0 radical (unpaired) electrons. The standard InChI is InChI=1S/C19H25N5O/c1-2-8-24(9-3-1)18-10-17(22-14-23-18)20-11-16-6-7-19(21-12-16)25-13-15-4-5-15/h6-7,10,12,14-15H,1-5,8-9,11,13H2,(H,20,22,23). The predicted molar refractivity (Wildman–Crippen MR) is 97.9 cm³/mol. The molecular formula is C19H25N5O. The van der Waals surface area contributed by atoms with Crippen molar-refractivity contribution in [3.05, 3.63) is 36.3 Å². The lowest BCUT2D eigenvalue weighted by atomic mass is 10.1. The third-order valence-corrected chi connectivity index (χ3v) is 4.77. The molecule has 0 spiro atoms. The minimum Gasteiger partial charge on any atom is -0.477 e. The van der Waals surface area contributed by atoms with Gasteiger partial charge in [0.2, 0.25) is 5.88 Å². The van der Waals surface area contributed by atoms with Crippen LogP contribution in [0, 0.1) is 5.92 Å². The first kappa shape index (κ1) is 16.1. The zero-order chi connectivity index (χ0) is 16.9. The maximum atomic E-state index is 5.67. The molecule has 0 bridgehead atoms. The number of nitrogens with zero attached hydrogens (tertiary/aromatic N) is 4. The van der Waals surface area contributed by atoms with Gasteiger partial charge in [-0.1, -0.05) is 6.07 Å². The van der Waals surface area contributed by atoms with Crippen molar-refractivity contribution in [2.75, 3.05) is 29.9 Å². The Morgan fingerprint density at radius 1 is 1.08 bits per heavy atom. The van der Waals surface area contributed by atoms with E-state index in [1.54, 1.807) is 6.33 Å². The molecule has 0 unspecified atom stereocenters. The Morgan fingerprint density at radius 2 is 1.96 bits per heavy atom. The van der Waals surface area contributed by atoms with Gasteiger partial charge in [-0.05, 0) is 43.6 Å². The van der Waals surface area contributed by atoms with E-state index < -0.39 is 0 Å². The van der Waals surface area contributed by atoms with Crippen LogP contribution in [-0.4, -0.2) is 34.6 Å². The fraction of sp³-hybridized carbons (Fsp3) is 0.526. The Hall–Kier alpha value is -2.37. The van der Waals surface area contributed by atoms with Crippen LogP contribution in [0.15, 0.2) is 30.7 Å². The first-order valence-corrected chi connectivity index (χ1v) is 9.25. The summed E-state index contributed by atoms with van der Waals surface area (Å²) in [7, 11) is 0. The summed E-state index contributed by atoms with van der Waals surface area (Å²) in [5, 5.41) is 3.36. The number of anilines is 2. The maximum Gasteiger partial charge on any atom is 0.213 e. The van der Waals surface area contributed by atoms with Crippen LogP contribution >= 0.6 is 0 Å². The molecule has 6 heteroatoms. The second kappa shape index (κ2) is 7.68. The minimum atomic E-state index is 0.687. The molecule has 1 N–H and O–H groups in total. The van der Waals surface area contributed by atoms with Crippen LogP contribution in [0.3, 0.4) is 0 Å². The number of aromatic nitrogens is 3. The van der Waals surface area contributed by atoms with Crippen LogP contribution in [-0.2, 0) is 6.54 Å². The molecule has 1 saturated carbocycles. The van der Waals surface area contributed by atoms with E-state index >= 15 is 0 Å². The minimum absolute atomic E-state index is 0.687. The third kappa shape index (κ3) is 4.59. The summed E-state index contributed by atoms with van der Waals surface area (Å²) >= 11 is 0. The highest BCUT2D eigenvalue weighted by Crippen LogP contribution is 2.29.